The summed E-state index contributed by atoms with van der Waals surface area (Å²) < 4.78 is 12.9. The molecule has 0 radical (unpaired) electrons. The van der Waals surface area contributed by atoms with Gasteiger partial charge in [-0.1, -0.05) is 0 Å². The van der Waals surface area contributed by atoms with Crippen molar-refractivity contribution in [2.24, 2.45) is 5.92 Å². The first kappa shape index (κ1) is 18.0. The van der Waals surface area contributed by atoms with Crippen LogP contribution in [0.4, 0.5) is 0 Å². The molecule has 0 aliphatic carbocycles. The van der Waals surface area contributed by atoms with Gasteiger partial charge in [-0.05, 0) is 25.8 Å². The Labute approximate surface area is 159 Å². The number of rotatable bonds is 5. The first-order chi connectivity index (χ1) is 13.2. The van der Waals surface area contributed by atoms with E-state index in [0.29, 0.717) is 23.3 Å². The van der Waals surface area contributed by atoms with E-state index in [1.165, 1.54) is 11.5 Å². The number of aryl methyl sites for hydroxylation is 1. The lowest BCUT2D eigenvalue weighted by Gasteiger charge is -2.40. The third kappa shape index (κ3) is 3.69. The van der Waals surface area contributed by atoms with Crippen molar-refractivity contribution in [3.05, 3.63) is 41.6 Å². The second kappa shape index (κ2) is 7.68. The molecule has 2 saturated heterocycles. The number of hydrogen-bond acceptors (Lipinski definition) is 5. The van der Waals surface area contributed by atoms with Crippen molar-refractivity contribution in [3.63, 3.8) is 0 Å². The average molecular weight is 370 g/mol. The Balaban J connectivity index is 1.36. The zero-order chi connectivity index (χ0) is 18.8. The number of aromatic nitrogens is 3. The summed E-state index contributed by atoms with van der Waals surface area (Å²) in [6, 6.07) is 3.49. The maximum atomic E-state index is 12.6. The summed E-state index contributed by atoms with van der Waals surface area (Å²) in [7, 11) is 1.57. The van der Waals surface area contributed by atoms with E-state index >= 15 is 0 Å². The number of likely N-dealkylation sites (tertiary alicyclic amines) is 1. The van der Waals surface area contributed by atoms with E-state index in [1.54, 1.807) is 25.4 Å². The molecule has 4 heterocycles. The number of ether oxygens (including phenoxy) is 2. The van der Waals surface area contributed by atoms with Gasteiger partial charge in [0.25, 0.3) is 5.91 Å². The van der Waals surface area contributed by atoms with Crippen LogP contribution in [0.3, 0.4) is 0 Å². The molecule has 0 aromatic carbocycles. The largest absolute Gasteiger partial charge is 0.481 e. The summed E-state index contributed by atoms with van der Waals surface area (Å²) in [5, 5.41) is 0. The van der Waals surface area contributed by atoms with Gasteiger partial charge in [-0.3, -0.25) is 4.79 Å². The van der Waals surface area contributed by atoms with E-state index in [9.17, 15) is 4.79 Å². The molecule has 144 valence electrons. The van der Waals surface area contributed by atoms with Gasteiger partial charge in [0.05, 0.1) is 12.7 Å². The predicted octanol–water partition coefficient (Wildman–Crippen LogP) is 2.26. The minimum absolute atomic E-state index is 0.0356. The SMILES string of the molecule is COc1ccc(C(=O)N2CC(Cn3c(C)cnc3C3CCOCC3)C2)cn1. The van der Waals surface area contributed by atoms with E-state index in [0.717, 1.165) is 45.7 Å². The number of amides is 1. The highest BCUT2D eigenvalue weighted by Crippen LogP contribution is 2.29. The molecule has 7 heteroatoms. The van der Waals surface area contributed by atoms with Gasteiger partial charge < -0.3 is 18.9 Å². The fourth-order valence-electron chi connectivity index (χ4n) is 3.92. The lowest BCUT2D eigenvalue weighted by molar-refractivity contribution is 0.0460. The maximum absolute atomic E-state index is 12.6. The van der Waals surface area contributed by atoms with Crippen molar-refractivity contribution < 1.29 is 14.3 Å². The second-order valence-corrected chi connectivity index (χ2v) is 7.42. The molecule has 7 nitrogen and oxygen atoms in total. The molecule has 0 atom stereocenters. The molecule has 2 fully saturated rings. The molecule has 0 spiro atoms. The first-order valence-electron chi connectivity index (χ1n) is 9.54. The Morgan fingerprint density at radius 3 is 2.67 bits per heavy atom. The topological polar surface area (TPSA) is 69.5 Å². The van der Waals surface area contributed by atoms with Gasteiger partial charge >= 0.3 is 0 Å². The number of carbonyl (C=O) groups is 1. The van der Waals surface area contributed by atoms with Crippen LogP contribution in [0.5, 0.6) is 5.88 Å². The second-order valence-electron chi connectivity index (χ2n) is 7.42. The number of carbonyl (C=O) groups excluding carboxylic acids is 1. The minimum Gasteiger partial charge on any atom is -0.481 e. The Bertz CT molecular complexity index is 790. The van der Waals surface area contributed by atoms with Gasteiger partial charge in [0.1, 0.15) is 5.82 Å². The number of imidazole rings is 1. The summed E-state index contributed by atoms with van der Waals surface area (Å²) in [5.41, 5.74) is 1.80. The van der Waals surface area contributed by atoms with E-state index in [4.69, 9.17) is 9.47 Å². The van der Waals surface area contributed by atoms with Crippen LogP contribution in [0.1, 0.15) is 40.6 Å². The van der Waals surface area contributed by atoms with Gasteiger partial charge in [-0.2, -0.15) is 0 Å². The van der Waals surface area contributed by atoms with E-state index in [1.807, 2.05) is 11.1 Å². The van der Waals surface area contributed by atoms with E-state index < -0.39 is 0 Å². The Hall–Kier alpha value is -2.41. The standard InChI is InChI=1S/C20H26N4O3/c1-14-9-22-19(16-5-7-27-8-6-16)24(14)13-15-11-23(12-15)20(25)17-3-4-18(26-2)21-10-17/h3-4,9-10,15-16H,5-8,11-13H2,1-2H3. The molecule has 27 heavy (non-hydrogen) atoms. The molecule has 1 amide bonds. The Morgan fingerprint density at radius 1 is 1.22 bits per heavy atom. The van der Waals surface area contributed by atoms with Gasteiger partial charge in [0, 0.05) is 68.8 Å². The lowest BCUT2D eigenvalue weighted by atomic mass is 9.96. The molecule has 2 aromatic heterocycles. The minimum atomic E-state index is 0.0356. The van der Waals surface area contributed by atoms with Crippen molar-refractivity contribution in [2.45, 2.75) is 32.2 Å². The van der Waals surface area contributed by atoms with Crippen LogP contribution >= 0.6 is 0 Å². The fraction of sp³-hybridized carbons (Fsp3) is 0.550. The zero-order valence-corrected chi connectivity index (χ0v) is 15.9. The molecular formula is C20H26N4O3. The zero-order valence-electron chi connectivity index (χ0n) is 15.9. The van der Waals surface area contributed by atoms with Gasteiger partial charge in [-0.15, -0.1) is 0 Å². The molecule has 4 rings (SSSR count). The van der Waals surface area contributed by atoms with Gasteiger partial charge in [0.15, 0.2) is 0 Å². The lowest BCUT2D eigenvalue weighted by Crippen LogP contribution is -2.51. The molecule has 2 aromatic rings. The molecular weight excluding hydrogens is 344 g/mol. The van der Waals surface area contributed by atoms with Crippen LogP contribution in [0, 0.1) is 12.8 Å². The quantitative estimate of drug-likeness (QED) is 0.807. The van der Waals surface area contributed by atoms with Crippen molar-refractivity contribution >= 4 is 5.91 Å². The van der Waals surface area contributed by atoms with Crippen molar-refractivity contribution in [2.75, 3.05) is 33.4 Å². The Kier molecular flexibility index (Phi) is 5.11. The highest BCUT2D eigenvalue weighted by molar-refractivity contribution is 5.94. The van der Waals surface area contributed by atoms with E-state index in [2.05, 4.69) is 21.5 Å². The summed E-state index contributed by atoms with van der Waals surface area (Å²) >= 11 is 0. The number of methoxy groups -OCH3 is 1. The number of hydrogen-bond donors (Lipinski definition) is 0. The van der Waals surface area contributed by atoms with Crippen molar-refractivity contribution in [1.82, 2.24) is 19.4 Å². The van der Waals surface area contributed by atoms with Crippen LogP contribution in [-0.4, -0.2) is 58.8 Å². The summed E-state index contributed by atoms with van der Waals surface area (Å²) in [6.45, 7) is 6.21. The highest BCUT2D eigenvalue weighted by atomic mass is 16.5. The maximum Gasteiger partial charge on any atom is 0.255 e. The normalized spacial score (nSPS) is 18.4. The van der Waals surface area contributed by atoms with Crippen LogP contribution in [0.2, 0.25) is 0 Å². The summed E-state index contributed by atoms with van der Waals surface area (Å²) in [6.07, 6.45) is 5.62. The number of nitrogens with zero attached hydrogens (tertiary/aromatic N) is 4. The highest BCUT2D eigenvalue weighted by Gasteiger charge is 2.33. The molecule has 0 unspecified atom stereocenters. The van der Waals surface area contributed by atoms with Crippen LogP contribution < -0.4 is 4.74 Å². The molecule has 0 saturated carbocycles. The van der Waals surface area contributed by atoms with Crippen molar-refractivity contribution in [3.8, 4) is 5.88 Å². The fourth-order valence-corrected chi connectivity index (χ4v) is 3.92. The van der Waals surface area contributed by atoms with Gasteiger partial charge in [-0.25, -0.2) is 9.97 Å². The van der Waals surface area contributed by atoms with Crippen LogP contribution in [-0.2, 0) is 11.3 Å². The predicted molar refractivity (Wildman–Crippen MR) is 99.9 cm³/mol. The summed E-state index contributed by atoms with van der Waals surface area (Å²) in [4.78, 5) is 23.2. The van der Waals surface area contributed by atoms with Crippen LogP contribution in [0.15, 0.2) is 24.5 Å². The third-order valence-corrected chi connectivity index (χ3v) is 5.55. The Morgan fingerprint density at radius 2 is 2.00 bits per heavy atom. The average Bonchev–Trinajstić information content (AvgIpc) is 3.05. The molecule has 0 bridgehead atoms. The molecule has 2 aliphatic heterocycles. The molecule has 0 N–H and O–H groups in total. The van der Waals surface area contributed by atoms with E-state index in [-0.39, 0.29) is 5.91 Å². The van der Waals surface area contributed by atoms with Gasteiger partial charge in [0.2, 0.25) is 5.88 Å². The summed E-state index contributed by atoms with van der Waals surface area (Å²) in [5.74, 6) is 2.68. The van der Waals surface area contributed by atoms with Crippen molar-refractivity contribution in [1.29, 1.82) is 0 Å². The monoisotopic (exact) mass is 370 g/mol. The first-order valence-corrected chi connectivity index (χ1v) is 9.54. The smallest absolute Gasteiger partial charge is 0.255 e. The third-order valence-electron chi connectivity index (χ3n) is 5.55. The molecule has 2 aliphatic rings. The number of pyridine rings is 1. The van der Waals surface area contributed by atoms with Crippen LogP contribution in [0.25, 0.3) is 0 Å².